The number of fused-ring (bicyclic) bond motifs is 5. The van der Waals surface area contributed by atoms with E-state index in [9.17, 15) is 19.5 Å². The highest BCUT2D eigenvalue weighted by Crippen LogP contribution is 2.58. The summed E-state index contributed by atoms with van der Waals surface area (Å²) in [5.41, 5.74) is -1.19. The summed E-state index contributed by atoms with van der Waals surface area (Å²) in [7, 11) is -4.58. The molecule has 65 heavy (non-hydrogen) atoms. The number of hydrogen-bond donors (Lipinski definition) is 1. The monoisotopic (exact) mass is 910 g/mol. The number of hydrogen-bond acceptors (Lipinski definition) is 13. The maximum absolute atomic E-state index is 16.6. The van der Waals surface area contributed by atoms with Crippen LogP contribution in [0.1, 0.15) is 46.8 Å². The van der Waals surface area contributed by atoms with Crippen molar-refractivity contribution in [1.29, 1.82) is 0 Å². The average Bonchev–Trinajstić information content (AvgIpc) is 3.70. The number of carbonyl (C=O) groups is 2. The zero-order chi connectivity index (χ0) is 44.9. The minimum absolute atomic E-state index is 0.00281. The van der Waals surface area contributed by atoms with Crippen LogP contribution in [0.5, 0.6) is 11.5 Å². The van der Waals surface area contributed by atoms with Crippen LogP contribution in [0.3, 0.4) is 0 Å². The Morgan fingerprint density at radius 1 is 0.938 bits per heavy atom. The number of amides is 1. The number of anilines is 2. The zero-order valence-electron chi connectivity index (χ0n) is 34.5. The van der Waals surface area contributed by atoms with Crippen LogP contribution in [0.2, 0.25) is 0 Å². The lowest BCUT2D eigenvalue weighted by Crippen LogP contribution is -2.43. The Hall–Kier alpha value is -6.66. The Labute approximate surface area is 369 Å². The smallest absolute Gasteiger partial charge is 0.476 e. The number of carboxylic acid groups (broad SMARTS) is 1. The molecule has 3 atom stereocenters. The Kier molecular flexibility index (Phi) is 11.1. The molecule has 0 bridgehead atoms. The van der Waals surface area contributed by atoms with Gasteiger partial charge in [-0.15, -0.1) is 5.10 Å². The van der Waals surface area contributed by atoms with Crippen LogP contribution < -0.4 is 24.7 Å². The van der Waals surface area contributed by atoms with Crippen LogP contribution in [0.25, 0.3) is 10.9 Å². The predicted molar refractivity (Wildman–Crippen MR) is 228 cm³/mol. The summed E-state index contributed by atoms with van der Waals surface area (Å²) in [6, 6.07) is 22.2. The third kappa shape index (κ3) is 8.55. The number of nitrogens with zero attached hydrogens (tertiary/aromatic N) is 6. The molecule has 3 aliphatic heterocycles. The molecule has 1 aliphatic carbocycles. The Balaban J connectivity index is 0.988. The Morgan fingerprint density at radius 3 is 2.31 bits per heavy atom. The van der Waals surface area contributed by atoms with Crippen LogP contribution in [0.15, 0.2) is 108 Å². The minimum Gasteiger partial charge on any atom is -0.487 e. The highest BCUT2D eigenvalue weighted by Gasteiger charge is 2.54. The minimum atomic E-state index is -4.58. The molecule has 4 aromatic carbocycles. The normalized spacial score (nSPS) is 20.4. The number of carboxylic acids is 1. The van der Waals surface area contributed by atoms with Crippen molar-refractivity contribution in [2.45, 2.75) is 62.8 Å². The first kappa shape index (κ1) is 42.3. The first-order valence-corrected chi connectivity index (χ1v) is 22.4. The summed E-state index contributed by atoms with van der Waals surface area (Å²) in [5.74, 6) is -3.30. The molecular weight excluding hydrogens is 869 g/mol. The van der Waals surface area contributed by atoms with Gasteiger partial charge in [-0.2, -0.15) is 0 Å². The van der Waals surface area contributed by atoms with Crippen molar-refractivity contribution in [1.82, 2.24) is 19.6 Å². The number of ether oxygens (including phenoxy) is 3. The lowest BCUT2D eigenvalue weighted by Gasteiger charge is -2.35. The highest BCUT2D eigenvalue weighted by atomic mass is 31.2. The molecule has 0 radical (unpaired) electrons. The topological polar surface area (TPSA) is 186 Å². The van der Waals surface area contributed by atoms with E-state index in [0.29, 0.717) is 11.1 Å². The van der Waals surface area contributed by atoms with Crippen molar-refractivity contribution in [3.8, 4) is 11.5 Å². The van der Waals surface area contributed by atoms with Crippen molar-refractivity contribution < 1.29 is 55.8 Å². The number of cyclic esters (lactones) is 1. The summed E-state index contributed by atoms with van der Waals surface area (Å²) >= 11 is 0. The second kappa shape index (κ2) is 17.0. The number of aromatic nitrogens is 4. The quantitative estimate of drug-likeness (QED) is 0.0956. The van der Waals surface area contributed by atoms with Gasteiger partial charge in [0.05, 0.1) is 61.7 Å². The number of pyridine rings is 1. The summed E-state index contributed by atoms with van der Waals surface area (Å²) < 4.78 is 87.6. The van der Waals surface area contributed by atoms with Crippen LogP contribution >= 0.6 is 7.82 Å². The van der Waals surface area contributed by atoms with Crippen molar-refractivity contribution >= 4 is 42.2 Å². The van der Waals surface area contributed by atoms with E-state index in [0.717, 1.165) is 25.0 Å². The summed E-state index contributed by atoms with van der Waals surface area (Å²) in [6.07, 6.45) is 4.61. The summed E-state index contributed by atoms with van der Waals surface area (Å²) in [4.78, 5) is 41.4. The van der Waals surface area contributed by atoms with Gasteiger partial charge in [-0.05, 0) is 42.2 Å². The molecule has 2 saturated heterocycles. The van der Waals surface area contributed by atoms with E-state index < -0.39 is 66.9 Å². The largest absolute Gasteiger partial charge is 0.487 e. The molecule has 4 aliphatic rings. The molecular formula is C45H41F2N6O11P. The molecule has 5 heterocycles. The average molecular weight is 911 g/mol. The van der Waals surface area contributed by atoms with Gasteiger partial charge in [-0.25, -0.2) is 27.6 Å². The SMILES string of the molecule is O=C(O)c1cn(C2CC2)c2c3c(c(F)cc2c1=O)N1C[C@](COc2ccc(N4C[C@@H](Cn5ccnn5)OC4=O)cc2F)(OP(=O)(OCc2ccccc2)OCc2ccccc2)C[C@H]1CO3. The lowest BCUT2D eigenvalue weighted by atomic mass is 10.0. The van der Waals surface area contributed by atoms with E-state index >= 15 is 13.3 Å². The lowest BCUT2D eigenvalue weighted by molar-refractivity contribution is -0.0139. The standard InChI is InChI=1S/C45H41F2N6O11P/c46-36-17-31(52-21-33(63-44(52)57)20-50-16-15-48-49-50)13-14-38(36)60-27-45(64-65(58,61-23-28-7-3-1-4-8-28)62-24-29-9-5-2-6-10-29)19-32-25-59-42-39-34(18-37(47)40(42)53(32)26-45)41(54)35(43(55)56)22-51(39)30-11-12-30/h1-10,13-18,22,30,32-33H,11-12,19-21,23-27H2,(H,55,56)/t32-,33+,45+/m0/s1. The summed E-state index contributed by atoms with van der Waals surface area (Å²) in [6.45, 7) is -0.665. The van der Waals surface area contributed by atoms with Gasteiger partial charge in [0.15, 0.2) is 23.1 Å². The molecule has 0 unspecified atom stereocenters. The van der Waals surface area contributed by atoms with Crippen LogP contribution in [-0.2, 0) is 42.6 Å². The third-order valence-corrected chi connectivity index (χ3v) is 13.3. The molecule has 20 heteroatoms. The number of carbonyl (C=O) groups excluding carboxylic acids is 1. The van der Waals surface area contributed by atoms with E-state index in [2.05, 4.69) is 10.3 Å². The first-order chi connectivity index (χ1) is 31.4. The Morgan fingerprint density at radius 2 is 1.66 bits per heavy atom. The second-order valence-electron chi connectivity index (χ2n) is 16.4. The fraction of sp³-hybridized carbons (Fsp3) is 0.311. The van der Waals surface area contributed by atoms with Crippen molar-refractivity contribution in [2.24, 2.45) is 0 Å². The van der Waals surface area contributed by atoms with Gasteiger partial charge in [0, 0.05) is 30.9 Å². The number of phosphoric ester groups is 1. The molecule has 0 spiro atoms. The maximum atomic E-state index is 16.6. The second-order valence-corrected chi connectivity index (χ2v) is 18.0. The number of benzene rings is 4. The van der Waals surface area contributed by atoms with Crippen LogP contribution in [0, 0.1) is 11.6 Å². The van der Waals surface area contributed by atoms with Gasteiger partial charge in [0.1, 0.15) is 36.2 Å². The van der Waals surface area contributed by atoms with Gasteiger partial charge in [0.25, 0.3) is 0 Å². The Bertz CT molecular complexity index is 2840. The van der Waals surface area contributed by atoms with Gasteiger partial charge in [-0.3, -0.25) is 23.3 Å². The molecule has 17 nitrogen and oxygen atoms in total. The van der Waals surface area contributed by atoms with Crippen molar-refractivity contribution in [3.63, 3.8) is 0 Å². The number of aromatic carboxylic acids is 1. The number of phosphoric acid groups is 1. The fourth-order valence-corrected chi connectivity index (χ4v) is 10.1. The first-order valence-electron chi connectivity index (χ1n) is 20.9. The molecule has 1 amide bonds. The van der Waals surface area contributed by atoms with E-state index in [1.54, 1.807) is 64.2 Å². The molecule has 336 valence electrons. The van der Waals surface area contributed by atoms with E-state index in [4.69, 9.17) is 27.8 Å². The molecule has 2 aromatic heterocycles. The molecule has 10 rings (SSSR count). The van der Waals surface area contributed by atoms with Crippen molar-refractivity contribution in [3.05, 3.63) is 142 Å². The fourth-order valence-electron chi connectivity index (χ4n) is 8.60. The van der Waals surface area contributed by atoms with Gasteiger partial charge in [-0.1, -0.05) is 65.9 Å². The van der Waals surface area contributed by atoms with E-state index in [1.807, 2.05) is 12.1 Å². The van der Waals surface area contributed by atoms with E-state index in [1.165, 1.54) is 34.1 Å². The van der Waals surface area contributed by atoms with Crippen LogP contribution in [-0.4, -0.2) is 80.8 Å². The zero-order valence-corrected chi connectivity index (χ0v) is 35.4. The molecule has 6 aromatic rings. The number of rotatable bonds is 16. The predicted octanol–water partition coefficient (Wildman–Crippen LogP) is 7.28. The third-order valence-electron chi connectivity index (χ3n) is 11.8. The highest BCUT2D eigenvalue weighted by molar-refractivity contribution is 7.48. The van der Waals surface area contributed by atoms with Gasteiger partial charge in [0.2, 0.25) is 5.43 Å². The maximum Gasteiger partial charge on any atom is 0.476 e. The molecule has 1 saturated carbocycles. The molecule has 3 fully saturated rings. The van der Waals surface area contributed by atoms with Crippen LogP contribution in [0.4, 0.5) is 25.0 Å². The van der Waals surface area contributed by atoms with Crippen molar-refractivity contribution in [2.75, 3.05) is 36.1 Å². The van der Waals surface area contributed by atoms with Gasteiger partial charge >= 0.3 is 19.9 Å². The van der Waals surface area contributed by atoms with Gasteiger partial charge < -0.3 is 28.8 Å². The molecule has 1 N–H and O–H groups in total. The number of halogens is 2. The summed E-state index contributed by atoms with van der Waals surface area (Å²) in [5, 5.41) is 17.4. The van der Waals surface area contributed by atoms with E-state index in [-0.39, 0.29) is 85.7 Å².